The number of hydrogen-bond donors (Lipinski definition) is 1. The quantitative estimate of drug-likeness (QED) is 0.586. The molecule has 2 aromatic heterocycles. The molecule has 1 amide bonds. The maximum absolute atomic E-state index is 13.6. The number of likely N-dealkylation sites (N-methyl/N-ethyl adjacent to an activating group) is 1. The van der Waals surface area contributed by atoms with Crippen LogP contribution in [0.3, 0.4) is 0 Å². The molecule has 33 heavy (non-hydrogen) atoms. The lowest BCUT2D eigenvalue weighted by molar-refractivity contribution is -0.125. The zero-order chi connectivity index (χ0) is 23.4. The summed E-state index contributed by atoms with van der Waals surface area (Å²) in [5.41, 5.74) is 1.02. The van der Waals surface area contributed by atoms with Gasteiger partial charge in [-0.05, 0) is 56.8 Å². The molecular weight excluding hydrogens is 425 g/mol. The van der Waals surface area contributed by atoms with E-state index in [2.05, 4.69) is 16.4 Å². The van der Waals surface area contributed by atoms with Crippen molar-refractivity contribution in [2.24, 2.45) is 5.92 Å². The van der Waals surface area contributed by atoms with E-state index >= 15 is 0 Å². The first kappa shape index (κ1) is 22.6. The number of nitriles is 1. The molecule has 1 unspecified atom stereocenters. The Bertz CT molecular complexity index is 1130. The van der Waals surface area contributed by atoms with Crippen molar-refractivity contribution in [2.75, 3.05) is 38.6 Å². The molecular formula is C24H26FN5O3. The largest absolute Gasteiger partial charge is 0.459 e. The van der Waals surface area contributed by atoms with Gasteiger partial charge in [-0.1, -0.05) is 12.1 Å². The van der Waals surface area contributed by atoms with Crippen molar-refractivity contribution < 1.29 is 18.0 Å². The van der Waals surface area contributed by atoms with E-state index in [0.717, 1.165) is 5.56 Å². The van der Waals surface area contributed by atoms with Crippen LogP contribution in [-0.4, -0.2) is 49.5 Å². The average molecular weight is 452 g/mol. The highest BCUT2D eigenvalue weighted by Crippen LogP contribution is 2.31. The summed E-state index contributed by atoms with van der Waals surface area (Å²) in [7, 11) is 3.81. The van der Waals surface area contributed by atoms with Crippen LogP contribution in [0.25, 0.3) is 11.7 Å². The summed E-state index contributed by atoms with van der Waals surface area (Å²) in [5, 5.41) is 12.5. The lowest BCUT2D eigenvalue weighted by Crippen LogP contribution is -2.42. The van der Waals surface area contributed by atoms with Gasteiger partial charge in [0.1, 0.15) is 11.9 Å². The van der Waals surface area contributed by atoms with Crippen molar-refractivity contribution in [3.63, 3.8) is 0 Å². The summed E-state index contributed by atoms with van der Waals surface area (Å²) in [4.78, 5) is 21.0. The van der Waals surface area contributed by atoms with Gasteiger partial charge in [0.15, 0.2) is 5.76 Å². The minimum atomic E-state index is -0.294. The highest BCUT2D eigenvalue weighted by Gasteiger charge is 2.29. The normalized spacial score (nSPS) is 15.4. The number of furan rings is 1. The second-order valence-electron chi connectivity index (χ2n) is 8.30. The molecule has 1 N–H and O–H groups in total. The topological polar surface area (TPSA) is 98.5 Å². The van der Waals surface area contributed by atoms with E-state index in [1.165, 1.54) is 18.4 Å². The van der Waals surface area contributed by atoms with Crippen molar-refractivity contribution in [3.05, 3.63) is 59.7 Å². The van der Waals surface area contributed by atoms with Crippen LogP contribution in [0, 0.1) is 23.1 Å². The Hall–Kier alpha value is -3.64. The molecule has 0 bridgehead atoms. The van der Waals surface area contributed by atoms with Gasteiger partial charge < -0.3 is 24.0 Å². The first-order valence-electron chi connectivity index (χ1n) is 10.9. The van der Waals surface area contributed by atoms with E-state index in [-0.39, 0.29) is 35.3 Å². The molecule has 0 spiro atoms. The van der Waals surface area contributed by atoms with Crippen molar-refractivity contribution >= 4 is 11.8 Å². The lowest BCUT2D eigenvalue weighted by atomic mass is 9.95. The molecule has 1 aromatic carbocycles. The highest BCUT2D eigenvalue weighted by molar-refractivity contribution is 5.79. The molecule has 3 aromatic rings. The van der Waals surface area contributed by atoms with E-state index < -0.39 is 0 Å². The number of anilines is 1. The second-order valence-corrected chi connectivity index (χ2v) is 8.30. The highest BCUT2D eigenvalue weighted by atomic mass is 19.1. The van der Waals surface area contributed by atoms with Crippen molar-refractivity contribution in [3.8, 4) is 17.7 Å². The standard InChI is InChI=1S/C24H26FN5O3/c1-29(2)20(17-5-3-6-18(25)13-17)15-27-22(31)16-8-10-30(11-9-16)24-19(14-26)28-23(33-24)21-7-4-12-32-21/h3-7,12-13,16,20H,8-11,15H2,1-2H3,(H,27,31). The minimum absolute atomic E-state index is 0.0211. The van der Waals surface area contributed by atoms with Crippen LogP contribution in [0.2, 0.25) is 0 Å². The number of nitrogens with zero attached hydrogens (tertiary/aromatic N) is 4. The van der Waals surface area contributed by atoms with E-state index in [1.807, 2.05) is 30.0 Å². The predicted molar refractivity (Wildman–Crippen MR) is 120 cm³/mol. The molecule has 3 heterocycles. The molecule has 8 nitrogen and oxygen atoms in total. The van der Waals surface area contributed by atoms with Gasteiger partial charge in [0.25, 0.3) is 5.89 Å². The van der Waals surface area contributed by atoms with Gasteiger partial charge in [-0.25, -0.2) is 4.39 Å². The van der Waals surface area contributed by atoms with Crippen LogP contribution in [-0.2, 0) is 4.79 Å². The Labute approximate surface area is 191 Å². The molecule has 1 aliphatic rings. The summed E-state index contributed by atoms with van der Waals surface area (Å²) in [6.45, 7) is 1.53. The number of amides is 1. The number of halogens is 1. The summed E-state index contributed by atoms with van der Waals surface area (Å²) in [6, 6.07) is 11.8. The molecule has 9 heteroatoms. The number of carbonyl (C=O) groups is 1. The summed E-state index contributed by atoms with van der Waals surface area (Å²) < 4.78 is 24.8. The number of nitrogens with one attached hydrogen (secondary N) is 1. The predicted octanol–water partition coefficient (Wildman–Crippen LogP) is 3.58. The van der Waals surface area contributed by atoms with Gasteiger partial charge in [0.2, 0.25) is 17.5 Å². The third-order valence-electron chi connectivity index (χ3n) is 5.93. The molecule has 1 saturated heterocycles. The second kappa shape index (κ2) is 9.88. The van der Waals surface area contributed by atoms with Gasteiger partial charge in [-0.2, -0.15) is 10.2 Å². The molecule has 172 valence electrons. The van der Waals surface area contributed by atoms with Crippen LogP contribution in [0.15, 0.2) is 51.5 Å². The third-order valence-corrected chi connectivity index (χ3v) is 5.93. The number of oxazole rings is 1. The molecule has 0 saturated carbocycles. The first-order chi connectivity index (χ1) is 16.0. The molecule has 1 aliphatic heterocycles. The molecule has 4 rings (SSSR count). The third kappa shape index (κ3) is 5.07. The number of carbonyl (C=O) groups excluding carboxylic acids is 1. The fourth-order valence-corrected chi connectivity index (χ4v) is 4.10. The van der Waals surface area contributed by atoms with Gasteiger partial charge >= 0.3 is 0 Å². The first-order valence-corrected chi connectivity index (χ1v) is 10.9. The SMILES string of the molecule is CN(C)C(CNC(=O)C1CCN(c2oc(-c3ccco3)nc2C#N)CC1)c1cccc(F)c1. The van der Waals surface area contributed by atoms with E-state index in [1.54, 1.807) is 18.2 Å². The molecule has 1 fully saturated rings. The van der Waals surface area contributed by atoms with Gasteiger partial charge in [-0.3, -0.25) is 4.79 Å². The summed E-state index contributed by atoms with van der Waals surface area (Å²) in [6.07, 6.45) is 2.77. The Kier molecular flexibility index (Phi) is 6.75. The number of rotatable bonds is 7. The number of benzene rings is 1. The Morgan fingerprint density at radius 3 is 2.76 bits per heavy atom. The summed E-state index contributed by atoms with van der Waals surface area (Å²) >= 11 is 0. The number of hydrogen-bond acceptors (Lipinski definition) is 7. The van der Waals surface area contributed by atoms with Crippen LogP contribution in [0.4, 0.5) is 10.3 Å². The zero-order valence-corrected chi connectivity index (χ0v) is 18.6. The monoisotopic (exact) mass is 451 g/mol. The van der Waals surface area contributed by atoms with E-state index in [9.17, 15) is 14.4 Å². The molecule has 1 atom stereocenters. The van der Waals surface area contributed by atoms with Crippen molar-refractivity contribution in [1.82, 2.24) is 15.2 Å². The van der Waals surface area contributed by atoms with Gasteiger partial charge in [-0.15, -0.1) is 0 Å². The summed E-state index contributed by atoms with van der Waals surface area (Å²) in [5.74, 6) is 0.667. The Morgan fingerprint density at radius 2 is 2.12 bits per heavy atom. The van der Waals surface area contributed by atoms with Crippen molar-refractivity contribution in [2.45, 2.75) is 18.9 Å². The Balaban J connectivity index is 1.35. The zero-order valence-electron chi connectivity index (χ0n) is 18.6. The number of piperidine rings is 1. The minimum Gasteiger partial charge on any atom is -0.459 e. The lowest BCUT2D eigenvalue weighted by Gasteiger charge is -2.32. The number of aromatic nitrogens is 1. The van der Waals surface area contributed by atoms with Crippen molar-refractivity contribution in [1.29, 1.82) is 5.26 Å². The van der Waals surface area contributed by atoms with Crippen LogP contribution < -0.4 is 10.2 Å². The van der Waals surface area contributed by atoms with Crippen LogP contribution in [0.1, 0.15) is 30.1 Å². The van der Waals surface area contributed by atoms with Crippen LogP contribution in [0.5, 0.6) is 0 Å². The fourth-order valence-electron chi connectivity index (χ4n) is 4.10. The van der Waals surface area contributed by atoms with E-state index in [0.29, 0.717) is 44.1 Å². The van der Waals surface area contributed by atoms with E-state index in [4.69, 9.17) is 8.83 Å². The smallest absolute Gasteiger partial charge is 0.266 e. The van der Waals surface area contributed by atoms with Crippen LogP contribution >= 0.6 is 0 Å². The fraction of sp³-hybridized carbons (Fsp3) is 0.375. The van der Waals surface area contributed by atoms with Gasteiger partial charge in [0.05, 0.1) is 12.3 Å². The Morgan fingerprint density at radius 1 is 1.33 bits per heavy atom. The van der Waals surface area contributed by atoms with Gasteiger partial charge in [0, 0.05) is 25.6 Å². The molecule has 0 radical (unpaired) electrons. The average Bonchev–Trinajstić information content (AvgIpc) is 3.49. The maximum Gasteiger partial charge on any atom is 0.266 e. The molecule has 0 aliphatic carbocycles. The maximum atomic E-state index is 13.6.